The smallest absolute Gasteiger partial charge is 0.238 e. The van der Waals surface area contributed by atoms with E-state index in [-0.39, 0.29) is 31.4 Å². The summed E-state index contributed by atoms with van der Waals surface area (Å²) in [6.07, 6.45) is 1.34. The summed E-state index contributed by atoms with van der Waals surface area (Å²) < 4.78 is 5.71. The van der Waals surface area contributed by atoms with E-state index in [9.17, 15) is 14.4 Å². The van der Waals surface area contributed by atoms with Gasteiger partial charge in [-0.25, -0.2) is 0 Å². The van der Waals surface area contributed by atoms with Crippen molar-refractivity contribution in [3.63, 3.8) is 0 Å². The zero-order valence-corrected chi connectivity index (χ0v) is 10.8. The highest BCUT2D eigenvalue weighted by Crippen LogP contribution is 2.38. The minimum absolute atomic E-state index is 0.160. The number of anilines is 1. The Labute approximate surface area is 115 Å². The van der Waals surface area contributed by atoms with Crippen LogP contribution >= 0.6 is 0 Å². The molecule has 6 heteroatoms. The van der Waals surface area contributed by atoms with Crippen molar-refractivity contribution in [3.05, 3.63) is 24.3 Å². The molecule has 1 aromatic rings. The highest BCUT2D eigenvalue weighted by Gasteiger charge is 2.46. The van der Waals surface area contributed by atoms with Gasteiger partial charge in [-0.15, -0.1) is 0 Å². The van der Waals surface area contributed by atoms with Crippen molar-refractivity contribution in [1.29, 1.82) is 0 Å². The molecule has 3 rings (SSSR count). The molecule has 0 bridgehead atoms. The largest absolute Gasteiger partial charge is 0.490 e. The van der Waals surface area contributed by atoms with Crippen LogP contribution in [0.1, 0.15) is 12.8 Å². The number of hydrogen-bond acceptors (Lipinski definition) is 4. The molecule has 0 saturated carbocycles. The van der Waals surface area contributed by atoms with Gasteiger partial charge in [-0.3, -0.25) is 19.7 Å². The Hall–Kier alpha value is -2.37. The molecule has 1 fully saturated rings. The SMILES string of the molecule is O=CN1CC2(CCC(=O)NC2=O)COc2ccccc21. The molecule has 1 spiro atoms. The highest BCUT2D eigenvalue weighted by atomic mass is 16.5. The molecule has 0 aliphatic carbocycles. The molecule has 1 unspecified atom stereocenters. The molecule has 2 aliphatic rings. The molecule has 1 atom stereocenters. The summed E-state index contributed by atoms with van der Waals surface area (Å²) in [5, 5.41) is 2.34. The number of fused-ring (bicyclic) bond motifs is 1. The average Bonchev–Trinajstić information content (AvgIpc) is 2.62. The van der Waals surface area contributed by atoms with Crippen molar-refractivity contribution in [3.8, 4) is 5.75 Å². The average molecular weight is 274 g/mol. The van der Waals surface area contributed by atoms with Gasteiger partial charge in [-0.2, -0.15) is 0 Å². The van der Waals surface area contributed by atoms with Crippen molar-refractivity contribution in [2.75, 3.05) is 18.1 Å². The van der Waals surface area contributed by atoms with E-state index in [0.717, 1.165) is 0 Å². The molecule has 0 radical (unpaired) electrons. The minimum Gasteiger partial charge on any atom is -0.490 e. The van der Waals surface area contributed by atoms with E-state index in [1.54, 1.807) is 18.2 Å². The van der Waals surface area contributed by atoms with Gasteiger partial charge in [0.15, 0.2) is 0 Å². The molecule has 3 amide bonds. The van der Waals surface area contributed by atoms with Gasteiger partial charge in [0.1, 0.15) is 17.8 Å². The lowest BCUT2D eigenvalue weighted by atomic mass is 9.80. The summed E-state index contributed by atoms with van der Waals surface area (Å²) in [6.45, 7) is 0.375. The zero-order valence-electron chi connectivity index (χ0n) is 10.8. The van der Waals surface area contributed by atoms with Crippen LogP contribution in [-0.2, 0) is 14.4 Å². The van der Waals surface area contributed by atoms with Gasteiger partial charge in [0.2, 0.25) is 18.2 Å². The van der Waals surface area contributed by atoms with Gasteiger partial charge in [-0.1, -0.05) is 12.1 Å². The number of ether oxygens (including phenoxy) is 1. The van der Waals surface area contributed by atoms with Crippen molar-refractivity contribution in [2.45, 2.75) is 12.8 Å². The minimum atomic E-state index is -0.867. The van der Waals surface area contributed by atoms with Gasteiger partial charge in [-0.05, 0) is 18.6 Å². The van der Waals surface area contributed by atoms with E-state index in [2.05, 4.69) is 5.32 Å². The molecule has 1 saturated heterocycles. The Balaban J connectivity index is 1.97. The summed E-state index contributed by atoms with van der Waals surface area (Å²) >= 11 is 0. The molecule has 104 valence electrons. The van der Waals surface area contributed by atoms with Crippen LogP contribution in [0.2, 0.25) is 0 Å². The normalized spacial score (nSPS) is 25.5. The van der Waals surface area contributed by atoms with Crippen LogP contribution in [0.4, 0.5) is 5.69 Å². The second kappa shape index (κ2) is 4.63. The van der Waals surface area contributed by atoms with Crippen LogP contribution in [0, 0.1) is 5.41 Å². The molecular weight excluding hydrogens is 260 g/mol. The van der Waals surface area contributed by atoms with E-state index >= 15 is 0 Å². The molecule has 1 N–H and O–H groups in total. The first-order chi connectivity index (χ1) is 9.64. The fraction of sp³-hybridized carbons (Fsp3) is 0.357. The van der Waals surface area contributed by atoms with E-state index in [4.69, 9.17) is 4.74 Å². The predicted molar refractivity (Wildman–Crippen MR) is 70.2 cm³/mol. The van der Waals surface area contributed by atoms with Crippen LogP contribution in [-0.4, -0.2) is 31.4 Å². The standard InChI is InChI=1S/C14H14N2O4/c17-9-16-7-14(6-5-12(18)15-13(14)19)8-20-11-4-2-1-3-10(11)16/h1-4,9H,5-8H2,(H,15,18,19). The van der Waals surface area contributed by atoms with Crippen molar-refractivity contribution >= 4 is 23.9 Å². The van der Waals surface area contributed by atoms with Gasteiger partial charge >= 0.3 is 0 Å². The molecule has 6 nitrogen and oxygen atoms in total. The molecular formula is C14H14N2O4. The number of piperidine rings is 1. The van der Waals surface area contributed by atoms with Crippen molar-refractivity contribution in [2.24, 2.45) is 5.41 Å². The van der Waals surface area contributed by atoms with Crippen LogP contribution in [0.25, 0.3) is 0 Å². The van der Waals surface area contributed by atoms with E-state index in [0.29, 0.717) is 24.3 Å². The quantitative estimate of drug-likeness (QED) is 0.596. The third-order valence-corrected chi connectivity index (χ3v) is 3.84. The Morgan fingerprint density at radius 2 is 2.10 bits per heavy atom. The van der Waals surface area contributed by atoms with Crippen molar-refractivity contribution in [1.82, 2.24) is 5.32 Å². The Kier molecular flexibility index (Phi) is 2.93. The number of nitrogens with one attached hydrogen (secondary N) is 1. The van der Waals surface area contributed by atoms with Crippen LogP contribution < -0.4 is 15.0 Å². The van der Waals surface area contributed by atoms with E-state index in [1.165, 1.54) is 4.90 Å². The highest BCUT2D eigenvalue weighted by molar-refractivity contribution is 6.01. The van der Waals surface area contributed by atoms with E-state index < -0.39 is 5.41 Å². The topological polar surface area (TPSA) is 75.7 Å². The maximum absolute atomic E-state index is 12.2. The van der Waals surface area contributed by atoms with Gasteiger partial charge < -0.3 is 9.64 Å². The number of hydrogen-bond donors (Lipinski definition) is 1. The fourth-order valence-electron chi connectivity index (χ4n) is 2.66. The van der Waals surface area contributed by atoms with E-state index in [1.807, 2.05) is 6.07 Å². The number of nitrogens with zero attached hydrogens (tertiary/aromatic N) is 1. The molecule has 1 aromatic carbocycles. The van der Waals surface area contributed by atoms with Crippen LogP contribution in [0.3, 0.4) is 0 Å². The van der Waals surface area contributed by atoms with Gasteiger partial charge in [0.05, 0.1) is 5.69 Å². The second-order valence-corrected chi connectivity index (χ2v) is 5.15. The Bertz CT molecular complexity index is 586. The summed E-state index contributed by atoms with van der Waals surface area (Å²) in [4.78, 5) is 36.3. The first kappa shape index (κ1) is 12.7. The lowest BCUT2D eigenvalue weighted by molar-refractivity contribution is -0.142. The maximum atomic E-state index is 12.2. The summed E-state index contributed by atoms with van der Waals surface area (Å²) in [5.41, 5.74) is -0.225. The van der Waals surface area contributed by atoms with Crippen LogP contribution in [0.15, 0.2) is 24.3 Å². The molecule has 20 heavy (non-hydrogen) atoms. The monoisotopic (exact) mass is 274 g/mol. The third kappa shape index (κ3) is 1.93. The first-order valence-electron chi connectivity index (χ1n) is 6.43. The lowest BCUT2D eigenvalue weighted by Gasteiger charge is -2.35. The summed E-state index contributed by atoms with van der Waals surface area (Å²) in [6, 6.07) is 7.15. The number of carbonyl (C=O) groups excluding carboxylic acids is 3. The van der Waals surface area contributed by atoms with Crippen LogP contribution in [0.5, 0.6) is 5.75 Å². The first-order valence-corrected chi connectivity index (χ1v) is 6.43. The maximum Gasteiger partial charge on any atom is 0.238 e. The number of benzene rings is 1. The predicted octanol–water partition coefficient (Wildman–Crippen LogP) is 0.465. The molecule has 2 heterocycles. The van der Waals surface area contributed by atoms with Crippen molar-refractivity contribution < 1.29 is 19.1 Å². The number of carbonyl (C=O) groups is 3. The summed E-state index contributed by atoms with van der Waals surface area (Å²) in [7, 11) is 0. The Morgan fingerprint density at radius 1 is 1.30 bits per heavy atom. The summed E-state index contributed by atoms with van der Waals surface area (Å²) in [5.74, 6) is -0.0744. The fourth-order valence-corrected chi connectivity index (χ4v) is 2.66. The third-order valence-electron chi connectivity index (χ3n) is 3.84. The number of rotatable bonds is 1. The zero-order chi connectivity index (χ0) is 14.2. The second-order valence-electron chi connectivity index (χ2n) is 5.15. The number of imide groups is 1. The Morgan fingerprint density at radius 3 is 2.85 bits per heavy atom. The molecule has 0 aromatic heterocycles. The lowest BCUT2D eigenvalue weighted by Crippen LogP contribution is -2.55. The number of para-hydroxylation sites is 2. The van der Waals surface area contributed by atoms with Gasteiger partial charge in [0.25, 0.3) is 0 Å². The van der Waals surface area contributed by atoms with Gasteiger partial charge in [0, 0.05) is 13.0 Å². The number of amides is 3. The molecule has 2 aliphatic heterocycles.